The van der Waals surface area contributed by atoms with Gasteiger partial charge in [-0.15, -0.1) is 0 Å². The molecule has 0 aliphatic carbocycles. The van der Waals surface area contributed by atoms with Crippen LogP contribution in [-0.4, -0.2) is 30.1 Å². The fraction of sp³-hybridized carbons (Fsp3) is 0.227. The minimum Gasteiger partial charge on any atom is -0.478 e. The van der Waals surface area contributed by atoms with Crippen molar-refractivity contribution in [2.24, 2.45) is 0 Å². The van der Waals surface area contributed by atoms with Gasteiger partial charge in [-0.2, -0.15) is 5.26 Å². The maximum Gasteiger partial charge on any atom is 0.335 e. The van der Waals surface area contributed by atoms with Crippen molar-refractivity contribution < 1.29 is 19.1 Å². The van der Waals surface area contributed by atoms with Crippen molar-refractivity contribution in [3.05, 3.63) is 65.0 Å². The summed E-state index contributed by atoms with van der Waals surface area (Å²) in [5.41, 5.74) is 0.976. The molecule has 1 aliphatic heterocycles. The van der Waals surface area contributed by atoms with Gasteiger partial charge in [0.2, 0.25) is 0 Å². The maximum absolute atomic E-state index is 14.5. The zero-order valence-corrected chi connectivity index (χ0v) is 15.7. The molecule has 1 heterocycles. The minimum absolute atomic E-state index is 0.0145. The Morgan fingerprint density at radius 3 is 2.55 bits per heavy atom. The van der Waals surface area contributed by atoms with Gasteiger partial charge in [0.1, 0.15) is 17.5 Å². The van der Waals surface area contributed by atoms with Crippen LogP contribution in [0.1, 0.15) is 35.2 Å². The summed E-state index contributed by atoms with van der Waals surface area (Å²) < 4.78 is 14.5. The lowest BCUT2D eigenvalue weighted by molar-refractivity contribution is -0.112. The van der Waals surface area contributed by atoms with Gasteiger partial charge in [-0.1, -0.05) is 12.1 Å². The number of nitrogens with one attached hydrogen (secondary N) is 1. The quantitative estimate of drug-likeness (QED) is 0.590. The third-order valence-electron chi connectivity index (χ3n) is 4.71. The van der Waals surface area contributed by atoms with Crippen molar-refractivity contribution in [2.45, 2.75) is 19.3 Å². The molecule has 0 unspecified atom stereocenters. The Bertz CT molecular complexity index is 1000. The molecule has 0 radical (unpaired) electrons. The molecule has 1 saturated heterocycles. The fourth-order valence-corrected chi connectivity index (χ4v) is 3.25. The highest BCUT2D eigenvalue weighted by Crippen LogP contribution is 2.25. The van der Waals surface area contributed by atoms with E-state index in [1.165, 1.54) is 36.4 Å². The predicted octanol–water partition coefficient (Wildman–Crippen LogP) is 4.06. The third kappa shape index (κ3) is 4.99. The number of carboxylic acid groups (broad SMARTS) is 1. The Morgan fingerprint density at radius 1 is 1.14 bits per heavy atom. The second-order valence-corrected chi connectivity index (χ2v) is 6.77. The maximum atomic E-state index is 14.5. The molecule has 0 saturated carbocycles. The number of carbonyl (C=O) groups excluding carboxylic acids is 1. The van der Waals surface area contributed by atoms with Gasteiger partial charge < -0.3 is 15.3 Å². The molecule has 1 fully saturated rings. The normalized spacial score (nSPS) is 14.2. The van der Waals surface area contributed by atoms with Crippen molar-refractivity contribution in [1.82, 2.24) is 0 Å². The molecule has 2 aromatic rings. The highest BCUT2D eigenvalue weighted by Gasteiger charge is 2.16. The summed E-state index contributed by atoms with van der Waals surface area (Å²) in [6.07, 6.45) is 4.51. The number of anilines is 2. The van der Waals surface area contributed by atoms with E-state index in [0.29, 0.717) is 11.3 Å². The Balaban J connectivity index is 1.77. The van der Waals surface area contributed by atoms with Crippen LogP contribution >= 0.6 is 0 Å². The van der Waals surface area contributed by atoms with Gasteiger partial charge in [0.15, 0.2) is 0 Å². The number of aromatic carboxylic acids is 1. The zero-order chi connectivity index (χ0) is 20.8. The molecule has 7 heteroatoms. The van der Waals surface area contributed by atoms with E-state index >= 15 is 0 Å². The van der Waals surface area contributed by atoms with E-state index in [2.05, 4.69) is 5.32 Å². The van der Waals surface area contributed by atoms with Gasteiger partial charge >= 0.3 is 5.97 Å². The summed E-state index contributed by atoms with van der Waals surface area (Å²) in [6, 6.07) is 12.1. The smallest absolute Gasteiger partial charge is 0.335 e. The first-order valence-electron chi connectivity index (χ1n) is 9.29. The number of benzene rings is 2. The second-order valence-electron chi connectivity index (χ2n) is 6.77. The Labute approximate surface area is 167 Å². The van der Waals surface area contributed by atoms with E-state index in [1.54, 1.807) is 18.2 Å². The topological polar surface area (TPSA) is 93.4 Å². The predicted molar refractivity (Wildman–Crippen MR) is 108 cm³/mol. The number of nitriles is 1. The Hall–Kier alpha value is -3.66. The number of halogens is 1. The first-order chi connectivity index (χ1) is 14.0. The lowest BCUT2D eigenvalue weighted by Gasteiger charge is -2.29. The molecule has 2 N–H and O–H groups in total. The summed E-state index contributed by atoms with van der Waals surface area (Å²) in [4.78, 5) is 25.4. The number of nitrogens with zero attached hydrogens (tertiary/aromatic N) is 2. The molecule has 2 aromatic carbocycles. The number of piperidine rings is 1. The van der Waals surface area contributed by atoms with Gasteiger partial charge in [-0.05, 0) is 61.2 Å². The van der Waals surface area contributed by atoms with Crippen molar-refractivity contribution in [1.29, 1.82) is 5.26 Å². The second kappa shape index (κ2) is 9.02. The van der Waals surface area contributed by atoms with Gasteiger partial charge in [0, 0.05) is 18.8 Å². The molecule has 0 spiro atoms. The Morgan fingerprint density at radius 2 is 1.90 bits per heavy atom. The molecule has 148 valence electrons. The van der Waals surface area contributed by atoms with E-state index in [-0.39, 0.29) is 16.8 Å². The largest absolute Gasteiger partial charge is 0.478 e. The number of hydrogen-bond acceptors (Lipinski definition) is 4. The highest BCUT2D eigenvalue weighted by atomic mass is 19.1. The van der Waals surface area contributed by atoms with Crippen LogP contribution in [0.5, 0.6) is 0 Å². The van der Waals surface area contributed by atoms with Gasteiger partial charge in [0.05, 0.1) is 11.3 Å². The molecular formula is C22H20FN3O3. The Kier molecular flexibility index (Phi) is 6.25. The number of rotatable bonds is 5. The van der Waals surface area contributed by atoms with Gasteiger partial charge in [-0.3, -0.25) is 4.79 Å². The first kappa shape index (κ1) is 20.1. The third-order valence-corrected chi connectivity index (χ3v) is 4.71. The van der Waals surface area contributed by atoms with Crippen LogP contribution in [0.15, 0.2) is 48.0 Å². The average molecular weight is 393 g/mol. The summed E-state index contributed by atoms with van der Waals surface area (Å²) in [5, 5.41) is 20.8. The van der Waals surface area contributed by atoms with Crippen LogP contribution in [0.25, 0.3) is 6.08 Å². The lowest BCUT2D eigenvalue weighted by Crippen LogP contribution is -2.30. The van der Waals surface area contributed by atoms with Crippen molar-refractivity contribution >= 4 is 29.3 Å². The molecular weight excluding hydrogens is 373 g/mol. The van der Waals surface area contributed by atoms with Crippen LogP contribution in [0.4, 0.5) is 15.8 Å². The molecule has 1 aliphatic rings. The van der Waals surface area contributed by atoms with Gasteiger partial charge in [-0.25, -0.2) is 9.18 Å². The zero-order valence-electron chi connectivity index (χ0n) is 15.7. The number of carbonyl (C=O) groups is 2. The summed E-state index contributed by atoms with van der Waals surface area (Å²) in [7, 11) is 0. The molecule has 29 heavy (non-hydrogen) atoms. The molecule has 6 nitrogen and oxygen atoms in total. The van der Waals surface area contributed by atoms with Crippen molar-refractivity contribution in [3.63, 3.8) is 0 Å². The minimum atomic E-state index is -1.12. The van der Waals surface area contributed by atoms with E-state index in [1.807, 2.05) is 4.90 Å². The van der Waals surface area contributed by atoms with Crippen molar-refractivity contribution in [3.8, 4) is 6.07 Å². The lowest BCUT2D eigenvalue weighted by atomic mass is 10.1. The number of amides is 1. The molecule has 3 rings (SSSR count). The van der Waals surface area contributed by atoms with E-state index in [0.717, 1.165) is 32.4 Å². The summed E-state index contributed by atoms with van der Waals surface area (Å²) in [6.45, 7) is 1.63. The number of carboxylic acids is 1. The van der Waals surface area contributed by atoms with Crippen LogP contribution in [0.3, 0.4) is 0 Å². The van der Waals surface area contributed by atoms with Gasteiger partial charge in [0.25, 0.3) is 5.91 Å². The van der Waals surface area contributed by atoms with Crippen LogP contribution in [-0.2, 0) is 4.79 Å². The molecule has 0 bridgehead atoms. The molecule has 0 aromatic heterocycles. The monoisotopic (exact) mass is 393 g/mol. The standard InChI is InChI=1S/C22H20FN3O3/c23-19-12-15(7-8-20(19)26-9-2-1-3-10-26)11-17(14-24)21(27)25-18-6-4-5-16(13-18)22(28)29/h4-8,11-13H,1-3,9-10H2,(H,25,27)(H,28,29). The summed E-state index contributed by atoms with van der Waals surface area (Å²) in [5.74, 6) is -2.22. The van der Waals surface area contributed by atoms with Crippen LogP contribution in [0, 0.1) is 17.1 Å². The van der Waals surface area contributed by atoms with Crippen LogP contribution < -0.4 is 10.2 Å². The summed E-state index contributed by atoms with van der Waals surface area (Å²) >= 11 is 0. The highest BCUT2D eigenvalue weighted by molar-refractivity contribution is 6.10. The van der Waals surface area contributed by atoms with E-state index in [9.17, 15) is 19.2 Å². The van der Waals surface area contributed by atoms with E-state index < -0.39 is 17.7 Å². The SMILES string of the molecule is N#CC(=Cc1ccc(N2CCCCC2)c(F)c1)C(=O)Nc1cccc(C(=O)O)c1. The van der Waals surface area contributed by atoms with E-state index in [4.69, 9.17) is 5.11 Å². The number of hydrogen-bond donors (Lipinski definition) is 2. The van der Waals surface area contributed by atoms with Crippen LogP contribution in [0.2, 0.25) is 0 Å². The molecule has 0 atom stereocenters. The van der Waals surface area contributed by atoms with Crippen molar-refractivity contribution in [2.75, 3.05) is 23.3 Å². The fourth-order valence-electron chi connectivity index (χ4n) is 3.25. The molecule has 1 amide bonds. The first-order valence-corrected chi connectivity index (χ1v) is 9.29. The average Bonchev–Trinajstić information content (AvgIpc) is 2.72.